The molecule has 0 bridgehead atoms. The molecular weight excluding hydrogens is 780 g/mol. The van der Waals surface area contributed by atoms with E-state index in [0.717, 1.165) is 6.42 Å². The van der Waals surface area contributed by atoms with Crippen molar-refractivity contribution in [2.24, 2.45) is 0 Å². The van der Waals surface area contributed by atoms with Gasteiger partial charge in [-0.15, -0.1) is 11.3 Å². The molecule has 0 atom stereocenters. The Bertz CT molecular complexity index is 2820. The fraction of sp³-hybridized carbons (Fsp3) is 0.458. The van der Waals surface area contributed by atoms with E-state index in [-0.39, 0.29) is 44.6 Å². The molecule has 0 fully saturated rings. The summed E-state index contributed by atoms with van der Waals surface area (Å²) in [6.07, 6.45) is 1.14. The molecule has 0 radical (unpaired) electrons. The molecule has 2 nitrogen and oxygen atoms in total. The van der Waals surface area contributed by atoms with E-state index in [0.29, 0.717) is 0 Å². The van der Waals surface area contributed by atoms with E-state index >= 15 is 0 Å². The number of hydrogen-bond donors (Lipinski definition) is 0. The predicted octanol–water partition coefficient (Wildman–Crippen LogP) is 15.4. The Labute approximate surface area is 385 Å². The molecule has 328 valence electrons. The van der Waals surface area contributed by atoms with Gasteiger partial charge in [-0.05, 0) is 149 Å². The van der Waals surface area contributed by atoms with E-state index in [2.05, 4.69) is 226 Å². The highest BCUT2D eigenvalue weighted by atomic mass is 32.1. The number of anilines is 6. The Morgan fingerprint density at radius 2 is 0.952 bits per heavy atom. The van der Waals surface area contributed by atoms with Crippen LogP contribution in [0.2, 0.25) is 0 Å². The molecule has 3 aliphatic rings. The third kappa shape index (κ3) is 7.11. The Morgan fingerprint density at radius 1 is 0.460 bits per heavy atom. The van der Waals surface area contributed by atoms with Gasteiger partial charge in [0, 0.05) is 43.3 Å². The lowest BCUT2D eigenvalue weighted by molar-refractivity contribution is 0.403. The molecule has 6 aromatic rings. The molecule has 0 saturated heterocycles. The maximum atomic E-state index is 2.71. The zero-order valence-corrected chi connectivity index (χ0v) is 43.0. The fourth-order valence-corrected chi connectivity index (χ4v) is 12.4. The van der Waals surface area contributed by atoms with E-state index < -0.39 is 0 Å². The van der Waals surface area contributed by atoms with Crippen LogP contribution >= 0.6 is 11.3 Å². The van der Waals surface area contributed by atoms with Crippen molar-refractivity contribution in [2.45, 2.75) is 176 Å². The molecular formula is C59H73BN2S. The molecule has 2 aliphatic heterocycles. The first-order chi connectivity index (χ1) is 28.9. The van der Waals surface area contributed by atoms with Gasteiger partial charge < -0.3 is 9.80 Å². The zero-order valence-electron chi connectivity index (χ0n) is 42.2. The van der Waals surface area contributed by atoms with Crippen molar-refractivity contribution in [3.05, 3.63) is 124 Å². The van der Waals surface area contributed by atoms with Gasteiger partial charge in [-0.1, -0.05) is 162 Å². The number of hydrogen-bond acceptors (Lipinski definition) is 3. The summed E-state index contributed by atoms with van der Waals surface area (Å²) in [6.45, 7) is 45.4. The summed E-state index contributed by atoms with van der Waals surface area (Å²) >= 11 is 2.01. The molecule has 0 saturated carbocycles. The molecule has 5 aromatic carbocycles. The van der Waals surface area contributed by atoms with Gasteiger partial charge in [0.05, 0.1) is 5.69 Å². The molecule has 63 heavy (non-hydrogen) atoms. The van der Waals surface area contributed by atoms with Gasteiger partial charge in [0.2, 0.25) is 0 Å². The minimum absolute atomic E-state index is 0.0188. The number of thiophene rings is 1. The van der Waals surface area contributed by atoms with Crippen LogP contribution in [0.5, 0.6) is 0 Å². The minimum Gasteiger partial charge on any atom is -0.311 e. The average molecular weight is 853 g/mol. The van der Waals surface area contributed by atoms with Gasteiger partial charge in [-0.25, -0.2) is 0 Å². The first-order valence-electron chi connectivity index (χ1n) is 23.7. The van der Waals surface area contributed by atoms with Crippen LogP contribution in [0.3, 0.4) is 0 Å². The summed E-state index contributed by atoms with van der Waals surface area (Å²) in [5.74, 6) is 0. The van der Waals surface area contributed by atoms with Crippen LogP contribution < -0.4 is 25.5 Å². The van der Waals surface area contributed by atoms with E-state index in [9.17, 15) is 0 Å². The summed E-state index contributed by atoms with van der Waals surface area (Å²) in [4.78, 5) is 5.40. The molecule has 1 aliphatic carbocycles. The predicted molar refractivity (Wildman–Crippen MR) is 280 cm³/mol. The fourth-order valence-electron chi connectivity index (χ4n) is 11.1. The lowest BCUT2D eigenvalue weighted by Crippen LogP contribution is -2.60. The third-order valence-electron chi connectivity index (χ3n) is 14.8. The third-order valence-corrected chi connectivity index (χ3v) is 16.0. The van der Waals surface area contributed by atoms with Crippen LogP contribution in [0, 0.1) is 0 Å². The van der Waals surface area contributed by atoms with E-state index in [1.807, 2.05) is 11.3 Å². The van der Waals surface area contributed by atoms with Crippen molar-refractivity contribution in [2.75, 3.05) is 9.80 Å². The first-order valence-corrected chi connectivity index (χ1v) is 24.5. The van der Waals surface area contributed by atoms with Crippen molar-refractivity contribution in [3.8, 4) is 0 Å². The van der Waals surface area contributed by atoms with E-state index in [4.69, 9.17) is 0 Å². The summed E-state index contributed by atoms with van der Waals surface area (Å²) in [5.41, 5.74) is 20.4. The Hall–Kier alpha value is -4.28. The largest absolute Gasteiger partial charge is 0.311 e. The van der Waals surface area contributed by atoms with Crippen LogP contribution in [0.15, 0.2) is 84.9 Å². The average Bonchev–Trinajstić information content (AvgIpc) is 3.62. The highest BCUT2D eigenvalue weighted by molar-refractivity contribution is 7.33. The second-order valence-electron chi connectivity index (χ2n) is 26.0. The second-order valence-corrected chi connectivity index (χ2v) is 27.1. The molecule has 4 heteroatoms. The molecule has 1 aromatic heterocycles. The van der Waals surface area contributed by atoms with Crippen LogP contribution in [0.25, 0.3) is 10.1 Å². The van der Waals surface area contributed by atoms with Crippen molar-refractivity contribution < 1.29 is 0 Å². The number of rotatable bonds is 2. The topological polar surface area (TPSA) is 6.48 Å². The molecule has 0 unspecified atom stereocenters. The number of fused-ring (bicyclic) bond motifs is 7. The first kappa shape index (κ1) is 44.0. The van der Waals surface area contributed by atoms with Crippen LogP contribution in [-0.2, 0) is 37.9 Å². The monoisotopic (exact) mass is 853 g/mol. The van der Waals surface area contributed by atoms with E-state index in [1.54, 1.807) is 0 Å². The van der Waals surface area contributed by atoms with Gasteiger partial charge in [-0.2, -0.15) is 0 Å². The highest BCUT2D eigenvalue weighted by Crippen LogP contribution is 2.54. The van der Waals surface area contributed by atoms with Crippen molar-refractivity contribution in [1.29, 1.82) is 0 Å². The van der Waals surface area contributed by atoms with Gasteiger partial charge in [0.15, 0.2) is 0 Å². The number of benzene rings is 5. The minimum atomic E-state index is -0.101. The molecule has 0 amide bonds. The van der Waals surface area contributed by atoms with Crippen LogP contribution in [-0.4, -0.2) is 6.71 Å². The smallest absolute Gasteiger partial charge is 0.264 e. The van der Waals surface area contributed by atoms with Gasteiger partial charge >= 0.3 is 0 Å². The van der Waals surface area contributed by atoms with Crippen molar-refractivity contribution in [3.63, 3.8) is 0 Å². The normalized spacial score (nSPS) is 16.9. The van der Waals surface area contributed by atoms with Crippen molar-refractivity contribution in [1.82, 2.24) is 0 Å². The summed E-state index contributed by atoms with van der Waals surface area (Å²) < 4.78 is 2.80. The number of nitrogens with zero attached hydrogens (tertiary/aromatic N) is 2. The standard InChI is InChI=1S/C59H73BN2S/c1-53(2,3)35-21-25-49-42(29-35)51-52(63-49)60-45-24-20-36(54(4,5)6)30-46(45)61(41-27-37(55(7,8)9)26-38(28-41)56(10,11)12)47-31-39(57(13,14)15)32-48(50(47)60)62(51)40-22-23-43-44(33-40)59(18,19)34-58(43,16)17/h20-33H,34H2,1-19H3. The Morgan fingerprint density at radius 3 is 1.52 bits per heavy atom. The highest BCUT2D eigenvalue weighted by Gasteiger charge is 2.48. The maximum absolute atomic E-state index is 2.71. The lowest BCUT2D eigenvalue weighted by atomic mass is 9.36. The summed E-state index contributed by atoms with van der Waals surface area (Å²) in [6, 6.07) is 34.9. The van der Waals surface area contributed by atoms with Gasteiger partial charge in [0.25, 0.3) is 6.71 Å². The Kier molecular flexibility index (Phi) is 9.51. The van der Waals surface area contributed by atoms with Crippen molar-refractivity contribution >= 4 is 78.0 Å². The zero-order chi connectivity index (χ0) is 45.9. The molecule has 0 spiro atoms. The van der Waals surface area contributed by atoms with E-state index in [1.165, 1.54) is 98.9 Å². The second kappa shape index (κ2) is 13.6. The lowest BCUT2D eigenvalue weighted by Gasteiger charge is -2.45. The summed E-state index contributed by atoms with van der Waals surface area (Å²) in [7, 11) is 0. The molecule has 0 N–H and O–H groups in total. The van der Waals surface area contributed by atoms with Crippen LogP contribution in [0.4, 0.5) is 34.1 Å². The maximum Gasteiger partial charge on any atom is 0.264 e. The van der Waals surface area contributed by atoms with Crippen LogP contribution in [0.1, 0.15) is 177 Å². The molecule has 9 rings (SSSR count). The SMILES string of the molecule is CC(C)(C)c1cc(N2c3cc(C(C)(C)C)ccc3B3c4sc5ccc(C(C)(C)C)cc5c4N(c4ccc5c(c4)C(C)(C)CC5(C)C)c4cc(C(C)(C)C)cc2c43)cc(C(C)(C)C)c1. The summed E-state index contributed by atoms with van der Waals surface area (Å²) in [5, 5.41) is 1.36. The quantitative estimate of drug-likeness (QED) is 0.160. The molecule has 3 heterocycles. The van der Waals surface area contributed by atoms with Gasteiger partial charge in [-0.3, -0.25) is 0 Å². The Balaban J connectivity index is 1.46. The van der Waals surface area contributed by atoms with Gasteiger partial charge in [0.1, 0.15) is 0 Å².